The van der Waals surface area contributed by atoms with E-state index in [1.54, 1.807) is 19.1 Å². The molecule has 0 amide bonds. The molecule has 0 saturated heterocycles. The zero-order valence-corrected chi connectivity index (χ0v) is 11.9. The number of benzene rings is 1. The molecule has 1 rings (SSSR count). The van der Waals surface area contributed by atoms with Crippen LogP contribution in [0.5, 0.6) is 0 Å². The SMILES string of the molecule is CCSCCC(C)Nc1ccc(C)c([N+](=O)[O-])c1. The molecule has 5 heteroatoms. The summed E-state index contributed by atoms with van der Waals surface area (Å²) >= 11 is 1.91. The normalized spacial score (nSPS) is 12.2. The first-order valence-corrected chi connectivity index (χ1v) is 7.29. The molecule has 0 aliphatic heterocycles. The van der Waals surface area contributed by atoms with Crippen molar-refractivity contribution in [2.24, 2.45) is 0 Å². The van der Waals surface area contributed by atoms with E-state index in [1.165, 1.54) is 0 Å². The quantitative estimate of drug-likeness (QED) is 0.463. The molecular formula is C13H20N2O2S. The van der Waals surface area contributed by atoms with Crippen LogP contribution in [0.15, 0.2) is 18.2 Å². The fourth-order valence-electron chi connectivity index (χ4n) is 1.66. The van der Waals surface area contributed by atoms with Gasteiger partial charge in [0.1, 0.15) is 0 Å². The molecule has 0 radical (unpaired) electrons. The lowest BCUT2D eigenvalue weighted by molar-refractivity contribution is -0.385. The molecule has 0 saturated carbocycles. The second-order valence-electron chi connectivity index (χ2n) is 4.29. The number of nitro groups is 1. The fourth-order valence-corrected chi connectivity index (χ4v) is 2.47. The van der Waals surface area contributed by atoms with Gasteiger partial charge in [-0.1, -0.05) is 13.0 Å². The third-order valence-corrected chi connectivity index (χ3v) is 3.65. The Kier molecular flexibility index (Phi) is 5.98. The second-order valence-corrected chi connectivity index (χ2v) is 5.68. The zero-order chi connectivity index (χ0) is 13.5. The maximum atomic E-state index is 10.8. The molecule has 0 aromatic heterocycles. The van der Waals surface area contributed by atoms with E-state index in [4.69, 9.17) is 0 Å². The van der Waals surface area contributed by atoms with Gasteiger partial charge in [-0.25, -0.2) is 0 Å². The largest absolute Gasteiger partial charge is 0.382 e. The number of rotatable bonds is 7. The number of aryl methyl sites for hydroxylation is 1. The summed E-state index contributed by atoms with van der Waals surface area (Å²) in [4.78, 5) is 10.5. The highest BCUT2D eigenvalue weighted by molar-refractivity contribution is 7.99. The van der Waals surface area contributed by atoms with Gasteiger partial charge in [-0.15, -0.1) is 0 Å². The Bertz CT molecular complexity index is 410. The Morgan fingerprint density at radius 1 is 1.50 bits per heavy atom. The van der Waals surface area contributed by atoms with Gasteiger partial charge in [-0.05, 0) is 37.8 Å². The van der Waals surface area contributed by atoms with Crippen molar-refractivity contribution in [2.75, 3.05) is 16.8 Å². The number of nitrogens with zero attached hydrogens (tertiary/aromatic N) is 1. The third kappa shape index (κ3) is 4.56. The average Bonchev–Trinajstić information content (AvgIpc) is 2.31. The lowest BCUT2D eigenvalue weighted by atomic mass is 10.1. The van der Waals surface area contributed by atoms with Gasteiger partial charge in [0, 0.05) is 23.4 Å². The van der Waals surface area contributed by atoms with E-state index in [0.717, 1.165) is 23.6 Å². The van der Waals surface area contributed by atoms with Gasteiger partial charge in [0.05, 0.1) is 4.92 Å². The van der Waals surface area contributed by atoms with Gasteiger partial charge < -0.3 is 5.32 Å². The van der Waals surface area contributed by atoms with Gasteiger partial charge >= 0.3 is 0 Å². The number of hydrogen-bond acceptors (Lipinski definition) is 4. The number of thioether (sulfide) groups is 1. The van der Waals surface area contributed by atoms with E-state index in [2.05, 4.69) is 19.2 Å². The first-order chi connectivity index (χ1) is 8.54. The highest BCUT2D eigenvalue weighted by Gasteiger charge is 2.11. The molecular weight excluding hydrogens is 248 g/mol. The topological polar surface area (TPSA) is 55.2 Å². The van der Waals surface area contributed by atoms with Crippen LogP contribution in [0.25, 0.3) is 0 Å². The Morgan fingerprint density at radius 3 is 2.83 bits per heavy atom. The lowest BCUT2D eigenvalue weighted by Crippen LogP contribution is -2.16. The minimum Gasteiger partial charge on any atom is -0.382 e. The maximum absolute atomic E-state index is 10.8. The molecule has 100 valence electrons. The number of nitro benzene ring substituents is 1. The zero-order valence-electron chi connectivity index (χ0n) is 11.1. The van der Waals surface area contributed by atoms with Gasteiger partial charge in [0.15, 0.2) is 0 Å². The monoisotopic (exact) mass is 268 g/mol. The van der Waals surface area contributed by atoms with Crippen LogP contribution >= 0.6 is 11.8 Å². The Morgan fingerprint density at radius 2 is 2.22 bits per heavy atom. The first-order valence-electron chi connectivity index (χ1n) is 6.14. The molecule has 4 nitrogen and oxygen atoms in total. The van der Waals surface area contributed by atoms with Crippen molar-refractivity contribution in [2.45, 2.75) is 33.2 Å². The summed E-state index contributed by atoms with van der Waals surface area (Å²) in [6.45, 7) is 6.00. The van der Waals surface area contributed by atoms with Gasteiger partial charge in [0.25, 0.3) is 5.69 Å². The van der Waals surface area contributed by atoms with E-state index in [9.17, 15) is 10.1 Å². The summed E-state index contributed by atoms with van der Waals surface area (Å²) in [5.41, 5.74) is 1.69. The highest BCUT2D eigenvalue weighted by Crippen LogP contribution is 2.23. The van der Waals surface area contributed by atoms with Crippen molar-refractivity contribution in [3.63, 3.8) is 0 Å². The molecule has 0 aliphatic carbocycles. The molecule has 0 spiro atoms. The molecule has 0 fully saturated rings. The lowest BCUT2D eigenvalue weighted by Gasteiger charge is -2.15. The first kappa shape index (κ1) is 14.8. The average molecular weight is 268 g/mol. The van der Waals surface area contributed by atoms with Gasteiger partial charge in [-0.3, -0.25) is 10.1 Å². The van der Waals surface area contributed by atoms with Crippen LogP contribution in [0.4, 0.5) is 11.4 Å². The number of anilines is 1. The van der Waals surface area contributed by atoms with Crippen LogP contribution in [-0.2, 0) is 0 Å². The van der Waals surface area contributed by atoms with Crippen LogP contribution in [-0.4, -0.2) is 22.5 Å². The minimum atomic E-state index is -0.335. The fraction of sp³-hybridized carbons (Fsp3) is 0.538. The van der Waals surface area contributed by atoms with Crippen LogP contribution < -0.4 is 5.32 Å². The summed E-state index contributed by atoms with van der Waals surface area (Å²) in [5.74, 6) is 2.24. The van der Waals surface area contributed by atoms with Crippen molar-refractivity contribution in [1.29, 1.82) is 0 Å². The molecule has 1 atom stereocenters. The molecule has 1 N–H and O–H groups in total. The third-order valence-electron chi connectivity index (χ3n) is 2.72. The van der Waals surface area contributed by atoms with Crippen LogP contribution in [0.2, 0.25) is 0 Å². The van der Waals surface area contributed by atoms with Crippen molar-refractivity contribution >= 4 is 23.1 Å². The molecule has 0 bridgehead atoms. The Labute approximate surface area is 112 Å². The molecule has 1 aromatic carbocycles. The molecule has 18 heavy (non-hydrogen) atoms. The van der Waals surface area contributed by atoms with Gasteiger partial charge in [-0.2, -0.15) is 11.8 Å². The van der Waals surface area contributed by atoms with Crippen LogP contribution in [0, 0.1) is 17.0 Å². The summed E-state index contributed by atoms with van der Waals surface area (Å²) in [5, 5.41) is 14.2. The summed E-state index contributed by atoms with van der Waals surface area (Å²) < 4.78 is 0. The van der Waals surface area contributed by atoms with Gasteiger partial charge in [0.2, 0.25) is 0 Å². The smallest absolute Gasteiger partial charge is 0.274 e. The van der Waals surface area contributed by atoms with Crippen molar-refractivity contribution < 1.29 is 4.92 Å². The summed E-state index contributed by atoms with van der Waals surface area (Å²) in [6, 6.07) is 5.62. The van der Waals surface area contributed by atoms with Crippen molar-refractivity contribution in [3.8, 4) is 0 Å². The van der Waals surface area contributed by atoms with Crippen molar-refractivity contribution in [3.05, 3.63) is 33.9 Å². The summed E-state index contributed by atoms with van der Waals surface area (Å²) in [7, 11) is 0. The minimum absolute atomic E-state index is 0.176. The molecule has 0 heterocycles. The highest BCUT2D eigenvalue weighted by atomic mass is 32.2. The van der Waals surface area contributed by atoms with E-state index in [0.29, 0.717) is 11.6 Å². The Balaban J connectivity index is 2.62. The predicted molar refractivity (Wildman–Crippen MR) is 78.5 cm³/mol. The van der Waals surface area contributed by atoms with E-state index < -0.39 is 0 Å². The van der Waals surface area contributed by atoms with E-state index in [1.807, 2.05) is 17.8 Å². The molecule has 0 aliphatic rings. The standard InChI is InChI=1S/C13H20N2O2S/c1-4-18-8-7-11(3)14-12-6-5-10(2)13(9-12)15(16)17/h5-6,9,11,14H,4,7-8H2,1-3H3. The maximum Gasteiger partial charge on any atom is 0.274 e. The summed E-state index contributed by atoms with van der Waals surface area (Å²) in [6.07, 6.45) is 1.06. The Hall–Kier alpha value is -1.23. The van der Waals surface area contributed by atoms with E-state index in [-0.39, 0.29) is 10.6 Å². The van der Waals surface area contributed by atoms with Crippen LogP contribution in [0.1, 0.15) is 25.8 Å². The van der Waals surface area contributed by atoms with E-state index >= 15 is 0 Å². The molecule has 1 aromatic rings. The van der Waals surface area contributed by atoms with Crippen molar-refractivity contribution in [1.82, 2.24) is 0 Å². The number of nitrogens with one attached hydrogen (secondary N) is 1. The number of hydrogen-bond donors (Lipinski definition) is 1. The molecule has 1 unspecified atom stereocenters. The van der Waals surface area contributed by atoms with Crippen LogP contribution in [0.3, 0.4) is 0 Å². The second kappa shape index (κ2) is 7.26. The predicted octanol–water partition coefficient (Wildman–Crippen LogP) is 3.85.